The minimum absolute atomic E-state index is 0.0125. The number of unbranched alkanes of at least 4 members (excludes halogenated alkanes) is 20. The van der Waals surface area contributed by atoms with Gasteiger partial charge in [-0.2, -0.15) is 0 Å². The lowest BCUT2D eigenvalue weighted by Gasteiger charge is -2.38. The van der Waals surface area contributed by atoms with Crippen LogP contribution in [0.4, 0.5) is 0 Å². The van der Waals surface area contributed by atoms with Crippen LogP contribution in [0.25, 0.3) is 0 Å². The number of ether oxygens (including phenoxy) is 3. The van der Waals surface area contributed by atoms with Gasteiger partial charge in [-0.05, 0) is 57.8 Å². The van der Waals surface area contributed by atoms with Crippen LogP contribution in [0.3, 0.4) is 0 Å². The summed E-state index contributed by atoms with van der Waals surface area (Å²) in [6, 6.07) is 0. The SMILES string of the molecule is CCCCCCCCCOC(=O)CCCCCC1CN(CCO)CC(CCCCCC(=O)OC(CCCCCCCC)CCCCCCCC)O1. The van der Waals surface area contributed by atoms with E-state index in [2.05, 4.69) is 25.7 Å². The third kappa shape index (κ3) is 29.9. The molecule has 0 aromatic rings. The normalized spacial score (nSPS) is 16.6. The van der Waals surface area contributed by atoms with E-state index in [1.807, 2.05) is 0 Å². The number of morpholine rings is 1. The molecule has 0 bridgehead atoms. The van der Waals surface area contributed by atoms with Crippen LogP contribution in [-0.2, 0) is 23.8 Å². The molecule has 0 spiro atoms. The van der Waals surface area contributed by atoms with Crippen LogP contribution in [0.5, 0.6) is 0 Å². The summed E-state index contributed by atoms with van der Waals surface area (Å²) in [6.07, 6.45) is 35.1. The van der Waals surface area contributed by atoms with Crippen LogP contribution in [0.1, 0.15) is 220 Å². The maximum atomic E-state index is 12.8. The third-order valence-electron chi connectivity index (χ3n) is 10.6. The highest BCUT2D eigenvalue weighted by atomic mass is 16.5. The van der Waals surface area contributed by atoms with Gasteiger partial charge in [-0.25, -0.2) is 0 Å². The van der Waals surface area contributed by atoms with Crippen LogP contribution >= 0.6 is 0 Å². The van der Waals surface area contributed by atoms with Crippen molar-refractivity contribution in [2.75, 3.05) is 32.8 Å². The van der Waals surface area contributed by atoms with E-state index in [0.29, 0.717) is 26.0 Å². The smallest absolute Gasteiger partial charge is 0.306 e. The molecule has 0 aromatic heterocycles. The lowest BCUT2D eigenvalue weighted by atomic mass is 10.0. The van der Waals surface area contributed by atoms with Gasteiger partial charge in [0.05, 0.1) is 25.4 Å². The van der Waals surface area contributed by atoms with E-state index in [-0.39, 0.29) is 36.9 Å². The Morgan fingerprint density at radius 3 is 1.51 bits per heavy atom. The zero-order chi connectivity index (χ0) is 37.0. The van der Waals surface area contributed by atoms with Crippen molar-refractivity contribution in [3.8, 4) is 0 Å². The van der Waals surface area contributed by atoms with Gasteiger partial charge in [0, 0.05) is 32.5 Å². The Morgan fingerprint density at radius 2 is 1.02 bits per heavy atom. The van der Waals surface area contributed by atoms with Gasteiger partial charge in [0.15, 0.2) is 0 Å². The summed E-state index contributed by atoms with van der Waals surface area (Å²) >= 11 is 0. The molecule has 0 saturated carbocycles. The number of carbonyl (C=O) groups is 2. The van der Waals surface area contributed by atoms with Gasteiger partial charge in [-0.15, -0.1) is 0 Å². The van der Waals surface area contributed by atoms with Gasteiger partial charge in [-0.3, -0.25) is 14.5 Å². The van der Waals surface area contributed by atoms with E-state index in [1.165, 1.54) is 109 Å². The zero-order valence-electron chi connectivity index (χ0n) is 34.1. The Morgan fingerprint density at radius 1 is 0.588 bits per heavy atom. The molecule has 51 heavy (non-hydrogen) atoms. The molecule has 0 aliphatic carbocycles. The lowest BCUT2D eigenvalue weighted by molar-refractivity contribution is -0.150. The summed E-state index contributed by atoms with van der Waals surface area (Å²) in [5, 5.41) is 9.60. The molecule has 0 radical (unpaired) electrons. The average Bonchev–Trinajstić information content (AvgIpc) is 3.12. The van der Waals surface area contributed by atoms with Gasteiger partial charge < -0.3 is 19.3 Å². The van der Waals surface area contributed by atoms with Crippen LogP contribution in [-0.4, -0.2) is 73.1 Å². The van der Waals surface area contributed by atoms with E-state index in [9.17, 15) is 14.7 Å². The van der Waals surface area contributed by atoms with Crippen molar-refractivity contribution in [2.24, 2.45) is 0 Å². The highest BCUT2D eigenvalue weighted by Crippen LogP contribution is 2.22. The van der Waals surface area contributed by atoms with Crippen molar-refractivity contribution >= 4 is 11.9 Å². The molecule has 1 heterocycles. The van der Waals surface area contributed by atoms with Crippen molar-refractivity contribution in [1.29, 1.82) is 0 Å². The van der Waals surface area contributed by atoms with Crippen molar-refractivity contribution < 1.29 is 28.9 Å². The molecule has 7 nitrogen and oxygen atoms in total. The second-order valence-corrected chi connectivity index (χ2v) is 15.6. The molecule has 2 unspecified atom stereocenters. The molecular weight excluding hydrogens is 638 g/mol. The van der Waals surface area contributed by atoms with E-state index in [1.54, 1.807) is 0 Å². The Bertz CT molecular complexity index is 763. The minimum Gasteiger partial charge on any atom is -0.466 e. The number of rotatable bonds is 37. The van der Waals surface area contributed by atoms with Gasteiger partial charge >= 0.3 is 11.9 Å². The Labute approximate surface area is 316 Å². The fourth-order valence-electron chi connectivity index (χ4n) is 7.42. The topological polar surface area (TPSA) is 85.3 Å². The standard InChI is InChI=1S/C44H85NO6/c1-4-7-10-13-16-19-28-37-49-43(47)33-26-20-24-31-41-38-45(35-36-46)39-42(50-41)32-25-21-27-34-44(48)51-40(29-22-17-14-11-8-5-2)30-23-18-15-12-9-6-3/h40-42,46H,4-39H2,1-3H3. The monoisotopic (exact) mass is 724 g/mol. The molecule has 302 valence electrons. The summed E-state index contributed by atoms with van der Waals surface area (Å²) in [5.74, 6) is -0.0695. The summed E-state index contributed by atoms with van der Waals surface area (Å²) in [4.78, 5) is 27.3. The van der Waals surface area contributed by atoms with Gasteiger partial charge in [0.2, 0.25) is 0 Å². The summed E-state index contributed by atoms with van der Waals surface area (Å²) < 4.78 is 18.0. The van der Waals surface area contributed by atoms with Crippen LogP contribution < -0.4 is 0 Å². The average molecular weight is 724 g/mol. The van der Waals surface area contributed by atoms with E-state index >= 15 is 0 Å². The number of β-amino-alcohol motifs (C(OH)–C–C–N with tert-alkyl or cyclic N) is 1. The molecule has 0 aromatic carbocycles. The minimum atomic E-state index is -0.0569. The largest absolute Gasteiger partial charge is 0.466 e. The number of aliphatic hydroxyl groups excluding tert-OH is 1. The summed E-state index contributed by atoms with van der Waals surface area (Å²) in [5.41, 5.74) is 0. The van der Waals surface area contributed by atoms with Gasteiger partial charge in [0.1, 0.15) is 6.10 Å². The second-order valence-electron chi connectivity index (χ2n) is 15.6. The third-order valence-corrected chi connectivity index (χ3v) is 10.6. The first-order chi connectivity index (χ1) is 25.0. The number of hydrogen-bond acceptors (Lipinski definition) is 7. The fraction of sp³-hybridized carbons (Fsp3) is 0.955. The molecular formula is C44H85NO6. The number of aliphatic hydroxyl groups is 1. The summed E-state index contributed by atoms with van der Waals surface area (Å²) in [7, 11) is 0. The molecule has 1 saturated heterocycles. The first-order valence-electron chi connectivity index (χ1n) is 22.4. The molecule has 7 heteroatoms. The van der Waals surface area contributed by atoms with Crippen LogP contribution in [0.2, 0.25) is 0 Å². The fourth-order valence-corrected chi connectivity index (χ4v) is 7.42. The van der Waals surface area contributed by atoms with Gasteiger partial charge in [0.25, 0.3) is 0 Å². The zero-order valence-corrected chi connectivity index (χ0v) is 34.1. The number of carbonyl (C=O) groups excluding carboxylic acids is 2. The first kappa shape index (κ1) is 47.8. The molecule has 2 atom stereocenters. The second kappa shape index (κ2) is 35.8. The first-order valence-corrected chi connectivity index (χ1v) is 22.4. The maximum absolute atomic E-state index is 12.8. The Balaban J connectivity index is 2.27. The molecule has 1 N–H and O–H groups in total. The number of nitrogens with zero attached hydrogens (tertiary/aromatic N) is 1. The van der Waals surface area contributed by atoms with Crippen LogP contribution in [0, 0.1) is 0 Å². The molecule has 1 fully saturated rings. The van der Waals surface area contributed by atoms with E-state index in [0.717, 1.165) is 90.1 Å². The highest BCUT2D eigenvalue weighted by Gasteiger charge is 2.27. The molecule has 1 aliphatic rings. The number of esters is 2. The predicted molar refractivity (Wildman–Crippen MR) is 213 cm³/mol. The molecule has 1 rings (SSSR count). The summed E-state index contributed by atoms with van der Waals surface area (Å²) in [6.45, 7) is 9.90. The quantitative estimate of drug-likeness (QED) is 0.0504. The van der Waals surface area contributed by atoms with E-state index < -0.39 is 0 Å². The molecule has 1 aliphatic heterocycles. The Kier molecular flexibility index (Phi) is 33.6. The van der Waals surface area contributed by atoms with Gasteiger partial charge in [-0.1, -0.05) is 149 Å². The highest BCUT2D eigenvalue weighted by molar-refractivity contribution is 5.69. The van der Waals surface area contributed by atoms with Crippen molar-refractivity contribution in [3.05, 3.63) is 0 Å². The van der Waals surface area contributed by atoms with Crippen LogP contribution in [0.15, 0.2) is 0 Å². The molecule has 0 amide bonds. The van der Waals surface area contributed by atoms with E-state index in [4.69, 9.17) is 14.2 Å². The predicted octanol–water partition coefficient (Wildman–Crippen LogP) is 11.7. The Hall–Kier alpha value is -1.18. The maximum Gasteiger partial charge on any atom is 0.306 e. The van der Waals surface area contributed by atoms with Crippen molar-refractivity contribution in [1.82, 2.24) is 4.90 Å². The van der Waals surface area contributed by atoms with Crippen molar-refractivity contribution in [2.45, 2.75) is 238 Å². The van der Waals surface area contributed by atoms with Crippen molar-refractivity contribution in [3.63, 3.8) is 0 Å². The lowest BCUT2D eigenvalue weighted by Crippen LogP contribution is -2.48. The number of hydrogen-bond donors (Lipinski definition) is 1.